The number of anilines is 2. The van der Waals surface area contributed by atoms with Crippen LogP contribution in [0, 0.1) is 0 Å². The number of nitrogens with zero attached hydrogens (tertiary/aromatic N) is 2. The fraction of sp³-hybridized carbons (Fsp3) is 0.100. The van der Waals surface area contributed by atoms with Crippen molar-refractivity contribution in [3.8, 4) is 0 Å². The summed E-state index contributed by atoms with van der Waals surface area (Å²) >= 11 is 0. The maximum atomic E-state index is 12.4. The molecule has 0 aliphatic carbocycles. The predicted octanol–water partition coefficient (Wildman–Crippen LogP) is 1.84. The van der Waals surface area contributed by atoms with Crippen LogP contribution < -0.4 is 19.8 Å². The van der Waals surface area contributed by atoms with Crippen molar-refractivity contribution < 1.29 is 18.7 Å². The van der Waals surface area contributed by atoms with Crippen LogP contribution in [0.15, 0.2) is 73.1 Å². The highest BCUT2D eigenvalue weighted by Crippen LogP contribution is 2.09. The van der Waals surface area contributed by atoms with E-state index in [1.165, 1.54) is 0 Å². The summed E-state index contributed by atoms with van der Waals surface area (Å²) in [7, 11) is 3.71. The number of pyridine rings is 2. The van der Waals surface area contributed by atoms with E-state index >= 15 is 0 Å². The van der Waals surface area contributed by atoms with Crippen molar-refractivity contribution in [1.29, 1.82) is 0 Å². The minimum Gasteiger partial charge on any atom is -0.241 e. The fourth-order valence-electron chi connectivity index (χ4n) is 2.46. The summed E-state index contributed by atoms with van der Waals surface area (Å²) < 4.78 is 3.64. The zero-order chi connectivity index (χ0) is 18.5. The molecule has 3 aromatic rings. The van der Waals surface area contributed by atoms with E-state index < -0.39 is 0 Å². The molecule has 0 spiro atoms. The van der Waals surface area contributed by atoms with Gasteiger partial charge in [-0.05, 0) is 36.4 Å². The van der Waals surface area contributed by atoms with Crippen LogP contribution in [0.3, 0.4) is 0 Å². The first-order valence-corrected chi connectivity index (χ1v) is 8.17. The molecule has 0 saturated carbocycles. The molecule has 26 heavy (non-hydrogen) atoms. The molecular weight excluding hydrogens is 328 g/mol. The highest BCUT2D eigenvalue weighted by Gasteiger charge is 2.17. The van der Waals surface area contributed by atoms with Gasteiger partial charge in [-0.15, -0.1) is 0 Å². The molecule has 6 heteroatoms. The molecule has 3 rings (SSSR count). The molecule has 1 aromatic carbocycles. The van der Waals surface area contributed by atoms with E-state index in [0.717, 1.165) is 0 Å². The third-order valence-electron chi connectivity index (χ3n) is 4.00. The second kappa shape index (κ2) is 7.57. The van der Waals surface area contributed by atoms with E-state index in [0.29, 0.717) is 22.8 Å². The Labute approximate surface area is 151 Å². The number of hydrogen-bond acceptors (Lipinski definition) is 2. The van der Waals surface area contributed by atoms with Gasteiger partial charge in [0, 0.05) is 12.1 Å². The number of benzene rings is 1. The smallest absolute Gasteiger partial charge is 0.241 e. The zero-order valence-electron chi connectivity index (χ0n) is 14.6. The lowest BCUT2D eigenvalue weighted by atomic mass is 10.1. The fourth-order valence-corrected chi connectivity index (χ4v) is 2.46. The van der Waals surface area contributed by atoms with Crippen molar-refractivity contribution in [2.45, 2.75) is 0 Å². The van der Waals surface area contributed by atoms with Crippen LogP contribution in [-0.2, 0) is 14.1 Å². The molecule has 0 saturated heterocycles. The van der Waals surface area contributed by atoms with E-state index in [9.17, 15) is 9.59 Å². The highest BCUT2D eigenvalue weighted by atomic mass is 16.2. The Kier molecular flexibility index (Phi) is 5.03. The van der Waals surface area contributed by atoms with Crippen molar-refractivity contribution >= 4 is 23.5 Å². The Morgan fingerprint density at radius 1 is 0.654 bits per heavy atom. The first-order valence-electron chi connectivity index (χ1n) is 8.17. The van der Waals surface area contributed by atoms with Crippen molar-refractivity contribution in [2.75, 3.05) is 10.6 Å². The summed E-state index contributed by atoms with van der Waals surface area (Å²) in [6.45, 7) is 0. The quantitative estimate of drug-likeness (QED) is 0.707. The van der Waals surface area contributed by atoms with Gasteiger partial charge >= 0.3 is 11.8 Å². The molecule has 0 unspecified atom stereocenters. The van der Waals surface area contributed by atoms with E-state index in [2.05, 4.69) is 10.6 Å². The van der Waals surface area contributed by atoms with Crippen LogP contribution >= 0.6 is 0 Å². The van der Waals surface area contributed by atoms with Gasteiger partial charge in [0.2, 0.25) is 0 Å². The molecule has 0 bridgehead atoms. The normalized spacial score (nSPS) is 10.2. The third-order valence-corrected chi connectivity index (χ3v) is 4.00. The monoisotopic (exact) mass is 348 g/mol. The van der Waals surface area contributed by atoms with Gasteiger partial charge < -0.3 is 0 Å². The topological polar surface area (TPSA) is 66.0 Å². The molecule has 2 heterocycles. The van der Waals surface area contributed by atoms with Crippen LogP contribution in [0.2, 0.25) is 0 Å². The summed E-state index contributed by atoms with van der Waals surface area (Å²) in [6, 6.07) is 17.7. The van der Waals surface area contributed by atoms with E-state index in [1.807, 2.05) is 72.0 Å². The molecular formula is C20H20N4O2+2. The van der Waals surface area contributed by atoms with Crippen LogP contribution in [0.1, 0.15) is 20.7 Å². The lowest BCUT2D eigenvalue weighted by molar-refractivity contribution is -0.657. The minimum atomic E-state index is -0.229. The second-order valence-corrected chi connectivity index (χ2v) is 5.88. The predicted molar refractivity (Wildman–Crippen MR) is 97.6 cm³/mol. The standard InChI is InChI=1S/C20H18N4O2/c1-23-13-5-3-7-17(23)21-19(25)15-9-11-16(12-10-15)20(26)22-18-8-4-6-14-24(18)2/h3-14H,1-2H3/p+2. The summed E-state index contributed by atoms with van der Waals surface area (Å²) in [5.74, 6) is 0.924. The average molecular weight is 348 g/mol. The van der Waals surface area contributed by atoms with Gasteiger partial charge in [0.1, 0.15) is 0 Å². The number of rotatable bonds is 4. The van der Waals surface area contributed by atoms with E-state index in [-0.39, 0.29) is 11.8 Å². The van der Waals surface area contributed by atoms with Crippen molar-refractivity contribution in [2.24, 2.45) is 14.1 Å². The van der Waals surface area contributed by atoms with Crippen LogP contribution in [-0.4, -0.2) is 11.8 Å². The van der Waals surface area contributed by atoms with Gasteiger partial charge in [0.25, 0.3) is 11.6 Å². The second-order valence-electron chi connectivity index (χ2n) is 5.88. The van der Waals surface area contributed by atoms with Crippen LogP contribution in [0.4, 0.5) is 11.6 Å². The molecule has 130 valence electrons. The highest BCUT2D eigenvalue weighted by molar-refractivity contribution is 6.06. The van der Waals surface area contributed by atoms with E-state index in [1.54, 1.807) is 24.3 Å². The number of aromatic nitrogens is 2. The van der Waals surface area contributed by atoms with Crippen molar-refractivity contribution in [3.05, 3.63) is 84.2 Å². The molecule has 2 aromatic heterocycles. The molecule has 2 N–H and O–H groups in total. The van der Waals surface area contributed by atoms with Gasteiger partial charge in [0.15, 0.2) is 0 Å². The number of nitrogens with one attached hydrogen (secondary N) is 2. The van der Waals surface area contributed by atoms with Gasteiger partial charge in [-0.3, -0.25) is 0 Å². The molecule has 2 amide bonds. The van der Waals surface area contributed by atoms with Gasteiger partial charge in [-0.25, -0.2) is 29.4 Å². The molecule has 0 aliphatic rings. The van der Waals surface area contributed by atoms with Crippen LogP contribution in [0.5, 0.6) is 0 Å². The van der Waals surface area contributed by atoms with Crippen molar-refractivity contribution in [3.63, 3.8) is 0 Å². The Hall–Kier alpha value is -3.54. The van der Waals surface area contributed by atoms with Gasteiger partial charge in [0.05, 0.1) is 37.6 Å². The summed E-state index contributed by atoms with van der Waals surface area (Å²) in [5.41, 5.74) is 0.964. The molecule has 6 nitrogen and oxygen atoms in total. The summed E-state index contributed by atoms with van der Waals surface area (Å²) in [4.78, 5) is 24.7. The minimum absolute atomic E-state index is 0.229. The number of amides is 2. The first-order chi connectivity index (χ1) is 12.5. The van der Waals surface area contributed by atoms with Gasteiger partial charge in [-0.2, -0.15) is 0 Å². The van der Waals surface area contributed by atoms with Gasteiger partial charge in [-0.1, -0.05) is 12.1 Å². The van der Waals surface area contributed by atoms with Crippen LogP contribution in [0.25, 0.3) is 0 Å². The number of carbonyl (C=O) groups is 2. The Morgan fingerprint density at radius 2 is 1.04 bits per heavy atom. The molecule has 0 radical (unpaired) electrons. The maximum Gasteiger partial charge on any atom is 0.339 e. The molecule has 0 aliphatic heterocycles. The number of hydrogen-bond donors (Lipinski definition) is 2. The third kappa shape index (κ3) is 3.92. The molecule has 0 fully saturated rings. The van der Waals surface area contributed by atoms with Crippen molar-refractivity contribution in [1.82, 2.24) is 0 Å². The SMILES string of the molecule is C[n+]1ccccc1NC(=O)c1ccc(C(=O)Nc2cccc[n+]2C)cc1. The summed E-state index contributed by atoms with van der Waals surface area (Å²) in [5, 5.41) is 5.69. The lowest BCUT2D eigenvalue weighted by Crippen LogP contribution is -2.33. The maximum absolute atomic E-state index is 12.4. The Balaban J connectivity index is 1.70. The first kappa shape index (κ1) is 17.3. The average Bonchev–Trinajstić information content (AvgIpc) is 2.65. The largest absolute Gasteiger partial charge is 0.339 e. The Bertz CT molecular complexity index is 874. The summed E-state index contributed by atoms with van der Waals surface area (Å²) in [6.07, 6.45) is 3.71. The Morgan fingerprint density at radius 3 is 1.38 bits per heavy atom. The number of carbonyl (C=O) groups excluding carboxylic acids is 2. The lowest BCUT2D eigenvalue weighted by Gasteiger charge is -2.03. The van der Waals surface area contributed by atoms with E-state index in [4.69, 9.17) is 0 Å². The zero-order valence-corrected chi connectivity index (χ0v) is 14.6. The molecule has 0 atom stereocenters. The number of aryl methyl sites for hydroxylation is 2.